The Bertz CT molecular complexity index is 337. The third kappa shape index (κ3) is 2.33. The molecule has 82 valence electrons. The van der Waals surface area contributed by atoms with Gasteiger partial charge in [-0.15, -0.1) is 0 Å². The number of ether oxygens (including phenoxy) is 2. The van der Waals surface area contributed by atoms with Crippen LogP contribution in [0, 0.1) is 0 Å². The topological polar surface area (TPSA) is 30.5 Å². The minimum Gasteiger partial charge on any atom is -0.496 e. The minimum atomic E-state index is 0.212. The summed E-state index contributed by atoms with van der Waals surface area (Å²) < 4.78 is 11.9. The van der Waals surface area contributed by atoms with E-state index < -0.39 is 0 Å². The second kappa shape index (κ2) is 4.96. The van der Waals surface area contributed by atoms with Gasteiger partial charge in [0.2, 0.25) is 0 Å². The van der Waals surface area contributed by atoms with Crippen molar-refractivity contribution in [2.45, 2.75) is 6.04 Å². The first-order valence-electron chi connectivity index (χ1n) is 4.96. The molecule has 0 amide bonds. The number of rotatable bonds is 2. The van der Waals surface area contributed by atoms with E-state index in [1.54, 1.807) is 7.11 Å². The lowest BCUT2D eigenvalue weighted by atomic mass is 10.1. The van der Waals surface area contributed by atoms with E-state index in [0.29, 0.717) is 6.61 Å². The van der Waals surface area contributed by atoms with Crippen molar-refractivity contribution in [3.8, 4) is 5.75 Å². The van der Waals surface area contributed by atoms with E-state index in [1.807, 2.05) is 18.2 Å². The van der Waals surface area contributed by atoms with Crippen molar-refractivity contribution >= 4 is 15.9 Å². The largest absolute Gasteiger partial charge is 0.496 e. The van der Waals surface area contributed by atoms with Crippen LogP contribution in [0.15, 0.2) is 22.7 Å². The standard InChI is InChI=1S/C11H14BrNO2/c1-14-10-4-2-3-8(12)11(10)9-7-15-6-5-13-9/h2-4,9,13H,5-7H2,1H3. The van der Waals surface area contributed by atoms with Crippen molar-refractivity contribution in [2.75, 3.05) is 26.9 Å². The predicted molar refractivity (Wildman–Crippen MR) is 62.3 cm³/mol. The van der Waals surface area contributed by atoms with Gasteiger partial charge in [0, 0.05) is 16.6 Å². The number of hydrogen-bond donors (Lipinski definition) is 1. The van der Waals surface area contributed by atoms with Crippen LogP contribution in [0.2, 0.25) is 0 Å². The first-order chi connectivity index (χ1) is 7.33. The number of hydrogen-bond acceptors (Lipinski definition) is 3. The molecule has 1 aromatic carbocycles. The Morgan fingerprint density at radius 3 is 3.07 bits per heavy atom. The fraction of sp³-hybridized carbons (Fsp3) is 0.455. The van der Waals surface area contributed by atoms with Crippen LogP contribution >= 0.6 is 15.9 Å². The fourth-order valence-corrected chi connectivity index (χ4v) is 2.41. The molecule has 1 aromatic rings. The van der Waals surface area contributed by atoms with Crippen molar-refractivity contribution in [3.05, 3.63) is 28.2 Å². The molecule has 1 aliphatic heterocycles. The maximum absolute atomic E-state index is 5.45. The molecule has 0 bridgehead atoms. The van der Waals surface area contributed by atoms with Gasteiger partial charge in [-0.25, -0.2) is 0 Å². The summed E-state index contributed by atoms with van der Waals surface area (Å²) >= 11 is 3.55. The molecule has 1 atom stereocenters. The Hall–Kier alpha value is -0.580. The second-order valence-electron chi connectivity index (χ2n) is 3.44. The zero-order valence-electron chi connectivity index (χ0n) is 8.63. The minimum absolute atomic E-state index is 0.212. The zero-order chi connectivity index (χ0) is 10.7. The fourth-order valence-electron chi connectivity index (χ4n) is 1.78. The Morgan fingerprint density at radius 1 is 1.53 bits per heavy atom. The summed E-state index contributed by atoms with van der Waals surface area (Å²) in [6.07, 6.45) is 0. The average molecular weight is 272 g/mol. The van der Waals surface area contributed by atoms with Gasteiger partial charge >= 0.3 is 0 Å². The molecule has 0 radical (unpaired) electrons. The SMILES string of the molecule is COc1cccc(Br)c1C1COCCN1. The maximum Gasteiger partial charge on any atom is 0.124 e. The van der Waals surface area contributed by atoms with E-state index in [9.17, 15) is 0 Å². The smallest absolute Gasteiger partial charge is 0.124 e. The van der Waals surface area contributed by atoms with Crippen molar-refractivity contribution < 1.29 is 9.47 Å². The summed E-state index contributed by atoms with van der Waals surface area (Å²) in [5, 5.41) is 3.42. The normalized spacial score (nSPS) is 21.3. The van der Waals surface area contributed by atoms with Gasteiger partial charge in [-0.05, 0) is 12.1 Å². The van der Waals surface area contributed by atoms with Crippen LogP contribution in [0.5, 0.6) is 5.75 Å². The number of nitrogens with one attached hydrogen (secondary N) is 1. The van der Waals surface area contributed by atoms with Crippen LogP contribution in [0.1, 0.15) is 11.6 Å². The molecule has 3 nitrogen and oxygen atoms in total. The molecule has 1 heterocycles. The molecule has 4 heteroatoms. The highest BCUT2D eigenvalue weighted by Crippen LogP contribution is 2.33. The summed E-state index contributed by atoms with van der Waals surface area (Å²) in [5.74, 6) is 0.896. The summed E-state index contributed by atoms with van der Waals surface area (Å²) in [5.41, 5.74) is 1.14. The Balaban J connectivity index is 2.31. The Morgan fingerprint density at radius 2 is 2.40 bits per heavy atom. The van der Waals surface area contributed by atoms with Crippen molar-refractivity contribution in [1.82, 2.24) is 5.32 Å². The molecule has 0 spiro atoms. The lowest BCUT2D eigenvalue weighted by Gasteiger charge is -2.26. The first kappa shape index (κ1) is 10.9. The summed E-state index contributed by atoms with van der Waals surface area (Å²) in [7, 11) is 1.69. The van der Waals surface area contributed by atoms with E-state index in [1.165, 1.54) is 0 Å². The van der Waals surface area contributed by atoms with Crippen LogP contribution in [0.3, 0.4) is 0 Å². The molecule has 1 N–H and O–H groups in total. The van der Waals surface area contributed by atoms with Crippen LogP contribution in [0.4, 0.5) is 0 Å². The van der Waals surface area contributed by atoms with E-state index in [-0.39, 0.29) is 6.04 Å². The summed E-state index contributed by atoms with van der Waals surface area (Å²) in [6.45, 7) is 2.36. The monoisotopic (exact) mass is 271 g/mol. The molecule has 15 heavy (non-hydrogen) atoms. The summed E-state index contributed by atoms with van der Waals surface area (Å²) in [4.78, 5) is 0. The van der Waals surface area contributed by atoms with Gasteiger partial charge in [-0.2, -0.15) is 0 Å². The Labute approximate surface area is 97.9 Å². The first-order valence-corrected chi connectivity index (χ1v) is 5.75. The molecule has 2 rings (SSSR count). The number of methoxy groups -OCH3 is 1. The van der Waals surface area contributed by atoms with E-state index >= 15 is 0 Å². The van der Waals surface area contributed by atoms with Gasteiger partial charge < -0.3 is 14.8 Å². The van der Waals surface area contributed by atoms with Gasteiger partial charge in [0.25, 0.3) is 0 Å². The van der Waals surface area contributed by atoms with Crippen LogP contribution in [-0.4, -0.2) is 26.9 Å². The third-order valence-electron chi connectivity index (χ3n) is 2.50. The van der Waals surface area contributed by atoms with Crippen molar-refractivity contribution in [3.63, 3.8) is 0 Å². The molecule has 1 unspecified atom stereocenters. The highest BCUT2D eigenvalue weighted by atomic mass is 79.9. The zero-order valence-corrected chi connectivity index (χ0v) is 10.2. The highest BCUT2D eigenvalue weighted by molar-refractivity contribution is 9.10. The molecule has 1 saturated heterocycles. The van der Waals surface area contributed by atoms with E-state index in [0.717, 1.165) is 28.9 Å². The average Bonchev–Trinajstić information content (AvgIpc) is 2.29. The third-order valence-corrected chi connectivity index (χ3v) is 3.19. The molecule has 1 fully saturated rings. The van der Waals surface area contributed by atoms with E-state index in [2.05, 4.69) is 21.2 Å². The van der Waals surface area contributed by atoms with Crippen LogP contribution in [-0.2, 0) is 4.74 Å². The van der Waals surface area contributed by atoms with Crippen LogP contribution < -0.4 is 10.1 Å². The number of morpholine rings is 1. The molecule has 0 aromatic heterocycles. The highest BCUT2D eigenvalue weighted by Gasteiger charge is 2.21. The van der Waals surface area contributed by atoms with E-state index in [4.69, 9.17) is 9.47 Å². The molecule has 0 aliphatic carbocycles. The molecular weight excluding hydrogens is 258 g/mol. The number of benzene rings is 1. The predicted octanol–water partition coefficient (Wildman–Crippen LogP) is 2.12. The van der Waals surface area contributed by atoms with Crippen molar-refractivity contribution in [1.29, 1.82) is 0 Å². The second-order valence-corrected chi connectivity index (χ2v) is 4.29. The molecular formula is C11H14BrNO2. The quantitative estimate of drug-likeness (QED) is 0.894. The Kier molecular flexibility index (Phi) is 3.61. The van der Waals surface area contributed by atoms with Crippen LogP contribution in [0.25, 0.3) is 0 Å². The number of halogens is 1. The van der Waals surface area contributed by atoms with Gasteiger partial charge in [0.05, 0.1) is 26.4 Å². The van der Waals surface area contributed by atoms with Gasteiger partial charge in [0.15, 0.2) is 0 Å². The maximum atomic E-state index is 5.45. The van der Waals surface area contributed by atoms with Crippen molar-refractivity contribution in [2.24, 2.45) is 0 Å². The lowest BCUT2D eigenvalue weighted by molar-refractivity contribution is 0.0758. The molecule has 0 saturated carbocycles. The summed E-state index contributed by atoms with van der Waals surface area (Å²) in [6, 6.07) is 6.17. The molecule has 1 aliphatic rings. The van der Waals surface area contributed by atoms with Gasteiger partial charge in [-0.1, -0.05) is 22.0 Å². The van der Waals surface area contributed by atoms with Gasteiger partial charge in [0.1, 0.15) is 5.75 Å². The van der Waals surface area contributed by atoms with Gasteiger partial charge in [-0.3, -0.25) is 0 Å². The lowest BCUT2D eigenvalue weighted by Crippen LogP contribution is -2.35.